The molecule has 8 nitrogen and oxygen atoms in total. The van der Waals surface area contributed by atoms with E-state index in [1.165, 1.54) is 4.31 Å². The standard InChI is InChI=1S/C20H23N3O5S/c1-15-2-8-18(9-3-15)29(26,27)23-12-10-22(11-13-23)20(25)16-4-6-17(7-5-16)28-14-19(21)24/h2-9H,10-14H2,1H3,(H2,21,24). The Hall–Kier alpha value is -2.91. The van der Waals surface area contributed by atoms with Crippen molar-refractivity contribution < 1.29 is 22.7 Å². The number of nitrogens with zero attached hydrogens (tertiary/aromatic N) is 2. The van der Waals surface area contributed by atoms with Crippen molar-refractivity contribution in [1.82, 2.24) is 9.21 Å². The van der Waals surface area contributed by atoms with Crippen molar-refractivity contribution in [3.63, 3.8) is 0 Å². The summed E-state index contributed by atoms with van der Waals surface area (Å²) in [5.74, 6) is -0.322. The molecule has 0 radical (unpaired) electrons. The number of hydrogen-bond acceptors (Lipinski definition) is 5. The van der Waals surface area contributed by atoms with Gasteiger partial charge >= 0.3 is 0 Å². The van der Waals surface area contributed by atoms with Crippen molar-refractivity contribution >= 4 is 21.8 Å². The van der Waals surface area contributed by atoms with Crippen LogP contribution in [0.2, 0.25) is 0 Å². The van der Waals surface area contributed by atoms with Crippen LogP contribution >= 0.6 is 0 Å². The summed E-state index contributed by atoms with van der Waals surface area (Å²) in [7, 11) is -3.57. The van der Waals surface area contributed by atoms with E-state index >= 15 is 0 Å². The molecule has 2 amide bonds. The van der Waals surface area contributed by atoms with E-state index in [1.807, 2.05) is 6.92 Å². The largest absolute Gasteiger partial charge is 0.484 e. The smallest absolute Gasteiger partial charge is 0.255 e. The summed E-state index contributed by atoms with van der Waals surface area (Å²) in [5.41, 5.74) is 6.49. The first-order valence-corrected chi connectivity index (χ1v) is 10.6. The van der Waals surface area contributed by atoms with Gasteiger partial charge in [0.25, 0.3) is 11.8 Å². The Kier molecular flexibility index (Phi) is 6.19. The zero-order valence-electron chi connectivity index (χ0n) is 16.1. The van der Waals surface area contributed by atoms with Gasteiger partial charge in [-0.2, -0.15) is 4.31 Å². The lowest BCUT2D eigenvalue weighted by molar-refractivity contribution is -0.119. The van der Waals surface area contributed by atoms with Gasteiger partial charge in [-0.1, -0.05) is 17.7 Å². The molecule has 29 heavy (non-hydrogen) atoms. The third kappa shape index (κ3) is 4.93. The normalized spacial score (nSPS) is 15.1. The summed E-state index contributed by atoms with van der Waals surface area (Å²) in [4.78, 5) is 25.3. The first-order chi connectivity index (χ1) is 13.8. The number of piperazine rings is 1. The van der Waals surface area contributed by atoms with Crippen molar-refractivity contribution in [1.29, 1.82) is 0 Å². The second-order valence-corrected chi connectivity index (χ2v) is 8.73. The Bertz CT molecular complexity index is 980. The van der Waals surface area contributed by atoms with Crippen molar-refractivity contribution in [2.45, 2.75) is 11.8 Å². The van der Waals surface area contributed by atoms with Crippen LogP contribution in [0.5, 0.6) is 5.75 Å². The maximum absolute atomic E-state index is 12.8. The average Bonchev–Trinajstić information content (AvgIpc) is 2.72. The summed E-state index contributed by atoms with van der Waals surface area (Å²) in [6, 6.07) is 13.1. The molecule has 0 aromatic heterocycles. The zero-order valence-corrected chi connectivity index (χ0v) is 16.9. The monoisotopic (exact) mass is 417 g/mol. The number of primary amides is 1. The molecule has 2 aromatic rings. The third-order valence-corrected chi connectivity index (χ3v) is 6.58. The first kappa shape index (κ1) is 20.8. The highest BCUT2D eigenvalue weighted by molar-refractivity contribution is 7.89. The maximum atomic E-state index is 12.8. The molecule has 1 aliphatic rings. The summed E-state index contributed by atoms with van der Waals surface area (Å²) >= 11 is 0. The summed E-state index contributed by atoms with van der Waals surface area (Å²) in [5, 5.41) is 0. The number of carbonyl (C=O) groups excluding carboxylic acids is 2. The molecule has 0 bridgehead atoms. The van der Waals surface area contributed by atoms with Crippen LogP contribution < -0.4 is 10.5 Å². The molecule has 2 N–H and O–H groups in total. The zero-order chi connectivity index (χ0) is 21.0. The molecule has 1 fully saturated rings. The number of benzene rings is 2. The van der Waals surface area contributed by atoms with Crippen LogP contribution in [0.25, 0.3) is 0 Å². The molecule has 1 saturated heterocycles. The molecule has 1 heterocycles. The minimum atomic E-state index is -3.57. The van der Waals surface area contributed by atoms with E-state index in [0.717, 1.165) is 5.56 Å². The highest BCUT2D eigenvalue weighted by Gasteiger charge is 2.30. The molecule has 0 saturated carbocycles. The summed E-state index contributed by atoms with van der Waals surface area (Å²) in [6.07, 6.45) is 0. The summed E-state index contributed by atoms with van der Waals surface area (Å²) < 4.78 is 32.1. The predicted octanol–water partition coefficient (Wildman–Crippen LogP) is 1.01. The van der Waals surface area contributed by atoms with Gasteiger partial charge in [-0.05, 0) is 43.3 Å². The van der Waals surface area contributed by atoms with Gasteiger partial charge in [0.1, 0.15) is 5.75 Å². The fraction of sp³-hybridized carbons (Fsp3) is 0.300. The molecule has 2 aromatic carbocycles. The molecular formula is C20H23N3O5S. The fourth-order valence-corrected chi connectivity index (χ4v) is 4.44. The van der Waals surface area contributed by atoms with Gasteiger partial charge in [-0.25, -0.2) is 8.42 Å². The number of nitrogens with two attached hydrogens (primary N) is 1. The molecule has 0 aliphatic carbocycles. The van der Waals surface area contributed by atoms with Crippen molar-refractivity contribution in [2.24, 2.45) is 5.73 Å². The quantitative estimate of drug-likeness (QED) is 0.754. The van der Waals surface area contributed by atoms with Crippen LogP contribution in [0.1, 0.15) is 15.9 Å². The second-order valence-electron chi connectivity index (χ2n) is 6.79. The van der Waals surface area contributed by atoms with Crippen LogP contribution in [0.4, 0.5) is 0 Å². The van der Waals surface area contributed by atoms with E-state index in [-0.39, 0.29) is 30.5 Å². The second kappa shape index (κ2) is 8.62. The van der Waals surface area contributed by atoms with Gasteiger partial charge in [0, 0.05) is 31.7 Å². The molecule has 1 aliphatic heterocycles. The van der Waals surface area contributed by atoms with Crippen LogP contribution in [0.15, 0.2) is 53.4 Å². The number of rotatable bonds is 6. The number of ether oxygens (including phenoxy) is 1. The highest BCUT2D eigenvalue weighted by Crippen LogP contribution is 2.20. The minimum absolute atomic E-state index is 0.182. The van der Waals surface area contributed by atoms with Crippen LogP contribution in [-0.4, -0.2) is 62.2 Å². The number of aryl methyl sites for hydroxylation is 1. The van der Waals surface area contributed by atoms with Gasteiger partial charge in [-0.15, -0.1) is 0 Å². The Morgan fingerprint density at radius 2 is 1.55 bits per heavy atom. The van der Waals surface area contributed by atoms with Gasteiger partial charge in [0.05, 0.1) is 4.90 Å². The van der Waals surface area contributed by atoms with Crippen molar-refractivity contribution in [3.05, 3.63) is 59.7 Å². The molecule has 0 spiro atoms. The Labute approximate surface area is 169 Å². The molecule has 3 rings (SSSR count). The Balaban J connectivity index is 1.60. The van der Waals surface area contributed by atoms with E-state index in [0.29, 0.717) is 24.4 Å². The lowest BCUT2D eigenvalue weighted by Crippen LogP contribution is -2.50. The first-order valence-electron chi connectivity index (χ1n) is 9.14. The summed E-state index contributed by atoms with van der Waals surface area (Å²) in [6.45, 7) is 2.76. The number of carbonyl (C=O) groups is 2. The highest BCUT2D eigenvalue weighted by atomic mass is 32.2. The molecular weight excluding hydrogens is 394 g/mol. The minimum Gasteiger partial charge on any atom is -0.484 e. The predicted molar refractivity (Wildman–Crippen MR) is 107 cm³/mol. The van der Waals surface area contributed by atoms with E-state index in [9.17, 15) is 18.0 Å². The van der Waals surface area contributed by atoms with Gasteiger partial charge in [-0.3, -0.25) is 9.59 Å². The molecule has 154 valence electrons. The number of amides is 2. The van der Waals surface area contributed by atoms with E-state index < -0.39 is 15.9 Å². The van der Waals surface area contributed by atoms with Gasteiger partial charge in [0.15, 0.2) is 6.61 Å². The molecule has 0 atom stereocenters. The lowest BCUT2D eigenvalue weighted by Gasteiger charge is -2.34. The van der Waals surface area contributed by atoms with E-state index in [2.05, 4.69) is 0 Å². The molecule has 0 unspecified atom stereocenters. The van der Waals surface area contributed by atoms with Gasteiger partial charge < -0.3 is 15.4 Å². The van der Waals surface area contributed by atoms with E-state index in [1.54, 1.807) is 53.4 Å². The lowest BCUT2D eigenvalue weighted by atomic mass is 10.2. The fourth-order valence-electron chi connectivity index (χ4n) is 3.02. The van der Waals surface area contributed by atoms with Crippen molar-refractivity contribution in [3.8, 4) is 5.75 Å². The number of sulfonamides is 1. The maximum Gasteiger partial charge on any atom is 0.255 e. The Morgan fingerprint density at radius 1 is 0.966 bits per heavy atom. The van der Waals surface area contributed by atoms with Crippen molar-refractivity contribution in [2.75, 3.05) is 32.8 Å². The topological polar surface area (TPSA) is 110 Å². The SMILES string of the molecule is Cc1ccc(S(=O)(=O)N2CCN(C(=O)c3ccc(OCC(N)=O)cc3)CC2)cc1. The molecule has 9 heteroatoms. The average molecular weight is 417 g/mol. The third-order valence-electron chi connectivity index (χ3n) is 4.67. The van der Waals surface area contributed by atoms with Crippen LogP contribution in [0.3, 0.4) is 0 Å². The van der Waals surface area contributed by atoms with Crippen LogP contribution in [-0.2, 0) is 14.8 Å². The van der Waals surface area contributed by atoms with Gasteiger partial charge in [0.2, 0.25) is 10.0 Å². The van der Waals surface area contributed by atoms with E-state index in [4.69, 9.17) is 10.5 Å². The number of hydrogen-bond donors (Lipinski definition) is 1. The van der Waals surface area contributed by atoms with Crippen LogP contribution in [0, 0.1) is 6.92 Å². The Morgan fingerprint density at radius 3 is 2.10 bits per heavy atom.